The summed E-state index contributed by atoms with van der Waals surface area (Å²) in [7, 11) is 0. The van der Waals surface area contributed by atoms with Crippen LogP contribution in [0.25, 0.3) is 0 Å². The highest BCUT2D eigenvalue weighted by Crippen LogP contribution is 2.17. The van der Waals surface area contributed by atoms with Crippen LogP contribution in [-0.4, -0.2) is 16.5 Å². The highest BCUT2D eigenvalue weighted by atomic mass is 15.0. The zero-order valence-electron chi connectivity index (χ0n) is 11.8. The van der Waals surface area contributed by atoms with Gasteiger partial charge >= 0.3 is 0 Å². The molecule has 0 aliphatic heterocycles. The molecule has 0 saturated heterocycles. The van der Waals surface area contributed by atoms with Crippen molar-refractivity contribution in [3.05, 3.63) is 17.1 Å². The van der Waals surface area contributed by atoms with Gasteiger partial charge in [-0.3, -0.25) is 0 Å². The van der Waals surface area contributed by atoms with Crippen LogP contribution in [0.5, 0.6) is 0 Å². The van der Waals surface area contributed by atoms with E-state index in [-0.39, 0.29) is 0 Å². The molecular formula is C14H25N3. The van der Waals surface area contributed by atoms with Crippen molar-refractivity contribution in [3.8, 4) is 0 Å². The number of hydrogen-bond acceptors (Lipinski definition) is 3. The van der Waals surface area contributed by atoms with Crippen molar-refractivity contribution in [1.29, 1.82) is 0 Å². The minimum absolute atomic E-state index is 0.599. The minimum atomic E-state index is 0.599. The van der Waals surface area contributed by atoms with Crippen molar-refractivity contribution >= 4 is 5.82 Å². The van der Waals surface area contributed by atoms with Crippen LogP contribution in [0.15, 0.2) is 0 Å². The fourth-order valence-electron chi connectivity index (χ4n) is 1.83. The molecule has 1 rings (SSSR count). The molecule has 3 nitrogen and oxygen atoms in total. The van der Waals surface area contributed by atoms with Gasteiger partial charge in [0.2, 0.25) is 0 Å². The van der Waals surface area contributed by atoms with E-state index in [1.54, 1.807) is 0 Å². The number of rotatable bonds is 6. The second kappa shape index (κ2) is 6.58. The molecule has 0 spiro atoms. The lowest BCUT2D eigenvalue weighted by atomic mass is 10.1. The molecule has 1 N–H and O–H groups in total. The van der Waals surface area contributed by atoms with Gasteiger partial charge in [0.05, 0.1) is 0 Å². The molecule has 1 aromatic rings. The normalized spacial score (nSPS) is 10.9. The van der Waals surface area contributed by atoms with E-state index in [0.29, 0.717) is 5.92 Å². The quantitative estimate of drug-likeness (QED) is 0.821. The largest absolute Gasteiger partial charge is 0.370 e. The van der Waals surface area contributed by atoms with Crippen molar-refractivity contribution < 1.29 is 0 Å². The molecule has 96 valence electrons. The fraction of sp³-hybridized carbons (Fsp3) is 0.714. The van der Waals surface area contributed by atoms with E-state index in [2.05, 4.69) is 49.9 Å². The fourth-order valence-corrected chi connectivity index (χ4v) is 1.83. The van der Waals surface area contributed by atoms with E-state index in [1.165, 1.54) is 11.3 Å². The highest BCUT2D eigenvalue weighted by Gasteiger charge is 2.10. The third-order valence-electron chi connectivity index (χ3n) is 2.76. The molecule has 0 atom stereocenters. The van der Waals surface area contributed by atoms with Crippen molar-refractivity contribution in [2.75, 3.05) is 11.9 Å². The Labute approximate surface area is 105 Å². The summed E-state index contributed by atoms with van der Waals surface area (Å²) < 4.78 is 0. The first-order valence-corrected chi connectivity index (χ1v) is 6.68. The molecule has 0 saturated carbocycles. The molecule has 0 amide bonds. The van der Waals surface area contributed by atoms with Gasteiger partial charge in [0, 0.05) is 24.2 Å². The zero-order valence-corrected chi connectivity index (χ0v) is 11.8. The molecule has 3 heteroatoms. The Kier molecular flexibility index (Phi) is 5.39. The summed E-state index contributed by atoms with van der Waals surface area (Å²) in [5, 5.41) is 3.40. The van der Waals surface area contributed by atoms with E-state index in [4.69, 9.17) is 0 Å². The molecule has 0 radical (unpaired) electrons. The molecule has 17 heavy (non-hydrogen) atoms. The zero-order chi connectivity index (χ0) is 12.8. The van der Waals surface area contributed by atoms with Gasteiger partial charge in [-0.1, -0.05) is 27.7 Å². The van der Waals surface area contributed by atoms with Gasteiger partial charge in [-0.2, -0.15) is 0 Å². The van der Waals surface area contributed by atoms with Crippen LogP contribution in [0.4, 0.5) is 5.82 Å². The van der Waals surface area contributed by atoms with Crippen molar-refractivity contribution in [2.24, 2.45) is 5.92 Å². The molecule has 1 heterocycles. The summed E-state index contributed by atoms with van der Waals surface area (Å²) in [4.78, 5) is 9.28. The maximum absolute atomic E-state index is 4.65. The lowest BCUT2D eigenvalue weighted by Gasteiger charge is -2.13. The SMILES string of the molecule is CCCNc1nc(CC(C)C)nc(CC)c1C. The second-order valence-corrected chi connectivity index (χ2v) is 4.94. The topological polar surface area (TPSA) is 37.8 Å². The number of nitrogens with zero attached hydrogens (tertiary/aromatic N) is 2. The van der Waals surface area contributed by atoms with Crippen LogP contribution >= 0.6 is 0 Å². The Balaban J connectivity index is 3.00. The van der Waals surface area contributed by atoms with Gasteiger partial charge in [0.25, 0.3) is 0 Å². The van der Waals surface area contributed by atoms with Crippen molar-refractivity contribution in [1.82, 2.24) is 9.97 Å². The van der Waals surface area contributed by atoms with Crippen LogP contribution in [0.1, 0.15) is 51.2 Å². The lowest BCUT2D eigenvalue weighted by Crippen LogP contribution is -2.11. The minimum Gasteiger partial charge on any atom is -0.370 e. The van der Waals surface area contributed by atoms with Crippen LogP contribution in [-0.2, 0) is 12.8 Å². The van der Waals surface area contributed by atoms with Crippen molar-refractivity contribution in [3.63, 3.8) is 0 Å². The van der Waals surface area contributed by atoms with Gasteiger partial charge in [-0.25, -0.2) is 9.97 Å². The molecule has 0 bridgehead atoms. The van der Waals surface area contributed by atoms with E-state index in [9.17, 15) is 0 Å². The summed E-state index contributed by atoms with van der Waals surface area (Å²) in [5.74, 6) is 2.59. The number of nitrogens with one attached hydrogen (secondary N) is 1. The Bertz CT molecular complexity index is 359. The van der Waals surface area contributed by atoms with Crippen LogP contribution in [0.2, 0.25) is 0 Å². The van der Waals surface area contributed by atoms with Crippen molar-refractivity contribution in [2.45, 2.75) is 53.9 Å². The average molecular weight is 235 g/mol. The van der Waals surface area contributed by atoms with Crippen LogP contribution < -0.4 is 5.32 Å². The number of aromatic nitrogens is 2. The van der Waals surface area contributed by atoms with Crippen LogP contribution in [0.3, 0.4) is 0 Å². The molecular weight excluding hydrogens is 210 g/mol. The Morgan fingerprint density at radius 3 is 2.41 bits per heavy atom. The van der Waals surface area contributed by atoms with E-state index in [0.717, 1.165) is 37.4 Å². The van der Waals surface area contributed by atoms with E-state index >= 15 is 0 Å². The molecule has 0 aliphatic carbocycles. The van der Waals surface area contributed by atoms with Gasteiger partial charge in [-0.05, 0) is 25.7 Å². The Hall–Kier alpha value is -1.12. The summed E-state index contributed by atoms with van der Waals surface area (Å²) >= 11 is 0. The number of hydrogen-bond donors (Lipinski definition) is 1. The standard InChI is InChI=1S/C14H25N3/c1-6-8-15-14-11(5)12(7-2)16-13(17-14)9-10(3)4/h10H,6-9H2,1-5H3,(H,15,16,17). The first kappa shape index (κ1) is 13.9. The molecule has 1 aromatic heterocycles. The maximum Gasteiger partial charge on any atom is 0.132 e. The maximum atomic E-state index is 4.65. The third kappa shape index (κ3) is 3.99. The van der Waals surface area contributed by atoms with Gasteiger partial charge in [0.1, 0.15) is 11.6 Å². The number of aryl methyl sites for hydroxylation is 1. The first-order valence-electron chi connectivity index (χ1n) is 6.68. The first-order chi connectivity index (χ1) is 8.08. The molecule has 0 aromatic carbocycles. The Morgan fingerprint density at radius 2 is 1.88 bits per heavy atom. The second-order valence-electron chi connectivity index (χ2n) is 4.94. The average Bonchev–Trinajstić information content (AvgIpc) is 2.28. The third-order valence-corrected chi connectivity index (χ3v) is 2.76. The predicted octanol–water partition coefficient (Wildman–Crippen LogP) is 3.37. The van der Waals surface area contributed by atoms with E-state index in [1.807, 2.05) is 0 Å². The Morgan fingerprint density at radius 1 is 1.18 bits per heavy atom. The number of anilines is 1. The summed E-state index contributed by atoms with van der Waals surface area (Å²) in [6.45, 7) is 11.8. The van der Waals surface area contributed by atoms with Crippen LogP contribution in [0, 0.1) is 12.8 Å². The van der Waals surface area contributed by atoms with Gasteiger partial charge in [-0.15, -0.1) is 0 Å². The molecule has 0 aliphatic rings. The summed E-state index contributed by atoms with van der Waals surface area (Å²) in [6, 6.07) is 0. The van der Waals surface area contributed by atoms with E-state index < -0.39 is 0 Å². The summed E-state index contributed by atoms with van der Waals surface area (Å²) in [6.07, 6.45) is 3.04. The monoisotopic (exact) mass is 235 g/mol. The predicted molar refractivity (Wildman–Crippen MR) is 73.5 cm³/mol. The highest BCUT2D eigenvalue weighted by molar-refractivity contribution is 5.45. The summed E-state index contributed by atoms with van der Waals surface area (Å²) in [5.41, 5.74) is 2.38. The molecule has 0 unspecified atom stereocenters. The lowest BCUT2D eigenvalue weighted by molar-refractivity contribution is 0.617. The smallest absolute Gasteiger partial charge is 0.132 e. The molecule has 0 fully saturated rings. The van der Waals surface area contributed by atoms with Gasteiger partial charge in [0.15, 0.2) is 0 Å². The van der Waals surface area contributed by atoms with Gasteiger partial charge < -0.3 is 5.32 Å².